The summed E-state index contributed by atoms with van der Waals surface area (Å²) in [7, 11) is 0. The fourth-order valence-electron chi connectivity index (χ4n) is 2.84. The molecular formula is C18H15N3. The maximum absolute atomic E-state index is 4.77. The number of aromatic nitrogens is 2. The van der Waals surface area contributed by atoms with E-state index in [1.165, 1.54) is 11.1 Å². The number of hydrogen-bond acceptors (Lipinski definition) is 2. The molecule has 0 spiro atoms. The van der Waals surface area contributed by atoms with Crippen molar-refractivity contribution in [1.82, 2.24) is 9.78 Å². The number of nitrogens with zero attached hydrogens (tertiary/aromatic N) is 3. The molecule has 0 bridgehead atoms. The molecule has 2 heterocycles. The van der Waals surface area contributed by atoms with Crippen LogP contribution in [-0.4, -0.2) is 15.5 Å². The lowest BCUT2D eigenvalue weighted by atomic mass is 9.96. The van der Waals surface area contributed by atoms with Gasteiger partial charge in [-0.15, -0.1) is 0 Å². The molecule has 1 unspecified atom stereocenters. The molecule has 0 amide bonds. The van der Waals surface area contributed by atoms with E-state index < -0.39 is 0 Å². The van der Waals surface area contributed by atoms with Crippen LogP contribution < -0.4 is 0 Å². The number of aliphatic imine (C=N–C) groups is 1. The van der Waals surface area contributed by atoms with Crippen LogP contribution in [0, 0.1) is 0 Å². The molecule has 0 saturated carbocycles. The predicted octanol–water partition coefficient (Wildman–Crippen LogP) is 4.00. The molecule has 1 aromatic heterocycles. The van der Waals surface area contributed by atoms with E-state index >= 15 is 0 Å². The lowest BCUT2D eigenvalue weighted by Gasteiger charge is -2.24. The molecule has 3 heteroatoms. The molecule has 21 heavy (non-hydrogen) atoms. The van der Waals surface area contributed by atoms with E-state index in [4.69, 9.17) is 4.99 Å². The van der Waals surface area contributed by atoms with Crippen molar-refractivity contribution in [3.8, 4) is 0 Å². The van der Waals surface area contributed by atoms with Crippen molar-refractivity contribution in [3.05, 3.63) is 84.1 Å². The van der Waals surface area contributed by atoms with Gasteiger partial charge >= 0.3 is 0 Å². The second-order valence-electron chi connectivity index (χ2n) is 5.19. The fourth-order valence-corrected chi connectivity index (χ4v) is 2.84. The van der Waals surface area contributed by atoms with E-state index in [2.05, 4.69) is 53.6 Å². The van der Waals surface area contributed by atoms with Crippen molar-refractivity contribution in [2.45, 2.75) is 12.5 Å². The molecule has 1 aliphatic heterocycles. The van der Waals surface area contributed by atoms with Crippen molar-refractivity contribution in [1.29, 1.82) is 0 Å². The van der Waals surface area contributed by atoms with Crippen LogP contribution in [0.4, 0.5) is 5.82 Å². The van der Waals surface area contributed by atoms with Gasteiger partial charge in [0, 0.05) is 12.5 Å². The van der Waals surface area contributed by atoms with E-state index in [0.29, 0.717) is 0 Å². The molecule has 0 aliphatic carbocycles. The van der Waals surface area contributed by atoms with Gasteiger partial charge in [-0.05, 0) is 11.1 Å². The van der Waals surface area contributed by atoms with Crippen molar-refractivity contribution in [2.24, 2.45) is 4.99 Å². The summed E-state index contributed by atoms with van der Waals surface area (Å²) in [4.78, 5) is 4.77. The van der Waals surface area contributed by atoms with Crippen LogP contribution in [0.2, 0.25) is 0 Å². The molecule has 0 N–H and O–H groups in total. The summed E-state index contributed by atoms with van der Waals surface area (Å²) < 4.78 is 2.02. The Bertz CT molecular complexity index is 772. The first-order valence-electron chi connectivity index (χ1n) is 7.13. The average Bonchev–Trinajstić information content (AvgIpc) is 3.04. The van der Waals surface area contributed by atoms with Gasteiger partial charge in [-0.2, -0.15) is 5.10 Å². The Morgan fingerprint density at radius 1 is 0.857 bits per heavy atom. The maximum Gasteiger partial charge on any atom is 0.151 e. The molecule has 0 fully saturated rings. The highest BCUT2D eigenvalue weighted by Crippen LogP contribution is 2.32. The van der Waals surface area contributed by atoms with Gasteiger partial charge in [0.1, 0.15) is 0 Å². The molecule has 1 aliphatic rings. The topological polar surface area (TPSA) is 30.2 Å². The molecule has 0 radical (unpaired) electrons. The molecule has 3 aromatic rings. The third-order valence-electron chi connectivity index (χ3n) is 3.87. The Labute approximate surface area is 123 Å². The second kappa shape index (κ2) is 5.02. The van der Waals surface area contributed by atoms with E-state index in [-0.39, 0.29) is 6.04 Å². The van der Waals surface area contributed by atoms with E-state index in [1.54, 1.807) is 0 Å². The molecule has 2 aromatic carbocycles. The first kappa shape index (κ1) is 12.1. The zero-order valence-corrected chi connectivity index (χ0v) is 11.6. The maximum atomic E-state index is 4.77. The van der Waals surface area contributed by atoms with E-state index in [0.717, 1.165) is 18.0 Å². The normalized spacial score (nSPS) is 17.1. The highest BCUT2D eigenvalue weighted by atomic mass is 15.3. The Hall–Kier alpha value is -2.68. The van der Waals surface area contributed by atoms with Crippen LogP contribution in [0.15, 0.2) is 77.9 Å². The quantitative estimate of drug-likeness (QED) is 0.694. The third-order valence-corrected chi connectivity index (χ3v) is 3.87. The van der Waals surface area contributed by atoms with Gasteiger partial charge in [0.05, 0.1) is 18.0 Å². The van der Waals surface area contributed by atoms with Crippen LogP contribution in [-0.2, 0) is 0 Å². The molecule has 3 nitrogen and oxygen atoms in total. The minimum absolute atomic E-state index is 0.212. The first-order chi connectivity index (χ1) is 10.4. The Balaban J connectivity index is 1.81. The van der Waals surface area contributed by atoms with Crippen molar-refractivity contribution in [2.75, 3.05) is 0 Å². The summed E-state index contributed by atoms with van der Waals surface area (Å²) >= 11 is 0. The van der Waals surface area contributed by atoms with E-state index in [9.17, 15) is 0 Å². The monoisotopic (exact) mass is 273 g/mol. The van der Waals surface area contributed by atoms with Crippen molar-refractivity contribution >= 4 is 11.5 Å². The summed E-state index contributed by atoms with van der Waals surface area (Å²) in [5, 5.41) is 4.45. The number of benzene rings is 2. The Kier molecular flexibility index (Phi) is 2.89. The molecular weight excluding hydrogens is 258 g/mol. The van der Waals surface area contributed by atoms with Gasteiger partial charge < -0.3 is 0 Å². The van der Waals surface area contributed by atoms with Crippen LogP contribution >= 0.6 is 0 Å². The van der Waals surface area contributed by atoms with Gasteiger partial charge in [-0.1, -0.05) is 60.7 Å². The van der Waals surface area contributed by atoms with Crippen molar-refractivity contribution < 1.29 is 0 Å². The summed E-state index contributed by atoms with van der Waals surface area (Å²) in [5.74, 6) is 0.925. The average molecular weight is 273 g/mol. The Morgan fingerprint density at radius 2 is 1.57 bits per heavy atom. The zero-order chi connectivity index (χ0) is 14.1. The number of fused-ring (bicyclic) bond motifs is 1. The lowest BCUT2D eigenvalue weighted by molar-refractivity contribution is 0.532. The Morgan fingerprint density at radius 3 is 2.33 bits per heavy atom. The van der Waals surface area contributed by atoms with Crippen LogP contribution in [0.3, 0.4) is 0 Å². The number of rotatable bonds is 2. The van der Waals surface area contributed by atoms with E-state index in [1.807, 2.05) is 29.1 Å². The van der Waals surface area contributed by atoms with Gasteiger partial charge in [-0.3, -0.25) is 0 Å². The second-order valence-corrected chi connectivity index (χ2v) is 5.19. The summed E-state index contributed by atoms with van der Waals surface area (Å²) in [6, 6.07) is 23.1. The molecule has 1 atom stereocenters. The molecule has 0 saturated heterocycles. The molecule has 4 rings (SSSR count). The highest BCUT2D eigenvalue weighted by Gasteiger charge is 2.24. The first-order valence-corrected chi connectivity index (χ1v) is 7.13. The van der Waals surface area contributed by atoms with Gasteiger partial charge in [0.25, 0.3) is 0 Å². The predicted molar refractivity (Wildman–Crippen MR) is 84.1 cm³/mol. The van der Waals surface area contributed by atoms with Crippen LogP contribution in [0.5, 0.6) is 0 Å². The summed E-state index contributed by atoms with van der Waals surface area (Å²) in [5.41, 5.74) is 3.58. The van der Waals surface area contributed by atoms with Gasteiger partial charge in [-0.25, -0.2) is 9.67 Å². The standard InChI is InChI=1S/C18H15N3/c1-3-7-14(8-4-1)16-13-17(15-9-5-2-6-10-15)21-18(20-16)11-12-19-21/h1-12,17H,13H2. The van der Waals surface area contributed by atoms with Crippen LogP contribution in [0.25, 0.3) is 0 Å². The van der Waals surface area contributed by atoms with Crippen molar-refractivity contribution in [3.63, 3.8) is 0 Å². The minimum Gasteiger partial charge on any atom is -0.240 e. The molecule has 102 valence electrons. The minimum atomic E-state index is 0.212. The SMILES string of the molecule is c1ccc(C2=Nc3ccnn3C(c3ccccc3)C2)cc1. The highest BCUT2D eigenvalue weighted by molar-refractivity contribution is 6.02. The van der Waals surface area contributed by atoms with Gasteiger partial charge in [0.2, 0.25) is 0 Å². The number of hydrogen-bond donors (Lipinski definition) is 0. The summed E-state index contributed by atoms with van der Waals surface area (Å²) in [6.07, 6.45) is 2.69. The third kappa shape index (κ3) is 2.17. The van der Waals surface area contributed by atoms with Gasteiger partial charge in [0.15, 0.2) is 5.82 Å². The smallest absolute Gasteiger partial charge is 0.151 e. The lowest BCUT2D eigenvalue weighted by Crippen LogP contribution is -2.20. The largest absolute Gasteiger partial charge is 0.240 e. The van der Waals surface area contributed by atoms with Crippen LogP contribution in [0.1, 0.15) is 23.6 Å². The zero-order valence-electron chi connectivity index (χ0n) is 11.6. The fraction of sp³-hybridized carbons (Fsp3) is 0.111. The summed E-state index contributed by atoms with van der Waals surface area (Å²) in [6.45, 7) is 0.